The summed E-state index contributed by atoms with van der Waals surface area (Å²) < 4.78 is 8.14. The summed E-state index contributed by atoms with van der Waals surface area (Å²) in [6.07, 6.45) is 5.41. The third-order valence-corrected chi connectivity index (χ3v) is 7.82. The third kappa shape index (κ3) is 9.94. The third-order valence-electron chi connectivity index (χ3n) is 6.88. The molecule has 1 aliphatic rings. The molecule has 0 aliphatic carbocycles. The van der Waals surface area contributed by atoms with Crippen LogP contribution < -0.4 is 118 Å². The number of nitrogens with zero attached hydrogens (tertiary/aromatic N) is 3. The minimum absolute atomic E-state index is 0. The van der Waals surface area contributed by atoms with Crippen molar-refractivity contribution in [1.82, 2.24) is 9.55 Å². The van der Waals surface area contributed by atoms with Crippen LogP contribution in [0.15, 0.2) is 84.0 Å². The number of carbonyl (C=O) groups excluding carboxylic acids is 2. The zero-order chi connectivity index (χ0) is 28.8. The van der Waals surface area contributed by atoms with Crippen LogP contribution in [0.3, 0.4) is 0 Å². The van der Waals surface area contributed by atoms with E-state index in [1.165, 1.54) is 0 Å². The molecule has 210 valence electrons. The molecule has 0 saturated carbocycles. The van der Waals surface area contributed by atoms with Gasteiger partial charge in [-0.2, -0.15) is 0 Å². The number of rotatable bonds is 12. The molecule has 1 aromatic heterocycles. The first-order valence-electron chi connectivity index (χ1n) is 13.5. The maximum absolute atomic E-state index is 11.8. The summed E-state index contributed by atoms with van der Waals surface area (Å²) >= 11 is 0.970. The van der Waals surface area contributed by atoms with Crippen LogP contribution in [0.4, 0.5) is 0 Å². The number of carbonyl (C=O) groups is 2. The van der Waals surface area contributed by atoms with Gasteiger partial charge in [-0.25, -0.2) is 9.98 Å². The van der Waals surface area contributed by atoms with Crippen LogP contribution in [0.1, 0.15) is 52.8 Å². The molecule has 0 saturated heterocycles. The number of aliphatic imine (C=N–C) groups is 1. The molecule has 0 bridgehead atoms. The number of unbranched alkanes of at least 4 members (excludes halogenated alkanes) is 1. The van der Waals surface area contributed by atoms with Crippen molar-refractivity contribution >= 4 is 28.9 Å². The molecule has 5 rings (SSSR count). The van der Waals surface area contributed by atoms with E-state index < -0.39 is 16.4 Å². The average molecular weight is 646 g/mol. The van der Waals surface area contributed by atoms with Gasteiger partial charge >= 0.3 is 103 Å². The molecule has 0 fully saturated rings. The van der Waals surface area contributed by atoms with Crippen LogP contribution in [0, 0.1) is 0 Å². The summed E-state index contributed by atoms with van der Waals surface area (Å²) in [5.41, 5.74) is 4.47. The normalized spacial score (nSPS) is 14.0. The maximum atomic E-state index is 11.8. The van der Waals surface area contributed by atoms with Gasteiger partial charge in [0, 0.05) is 30.0 Å². The number of carboxylic acids is 1. The molecule has 43 heavy (non-hydrogen) atoms. The number of benzene rings is 3. The summed E-state index contributed by atoms with van der Waals surface area (Å²) in [6, 6.07) is 22.2. The number of aromatic nitrogens is 2. The molecule has 0 N–H and O–H groups in total. The number of hydrogen-bond donors (Lipinski definition) is 0. The van der Waals surface area contributed by atoms with Crippen LogP contribution in [0.25, 0.3) is 11.1 Å². The predicted octanol–water partition coefficient (Wildman–Crippen LogP) is -2.21. The van der Waals surface area contributed by atoms with Crippen molar-refractivity contribution in [1.29, 1.82) is 0 Å². The van der Waals surface area contributed by atoms with E-state index in [0.717, 1.165) is 59.2 Å². The Bertz CT molecular complexity index is 1570. The van der Waals surface area contributed by atoms with Crippen LogP contribution >= 0.6 is 11.8 Å². The number of amides is 1. The van der Waals surface area contributed by atoms with Gasteiger partial charge in [-0.1, -0.05) is 74.0 Å². The first-order valence-corrected chi connectivity index (χ1v) is 14.4. The monoisotopic (exact) mass is 645 g/mol. The number of hydrogen-bond acceptors (Lipinski definition) is 7. The molecule has 2 heterocycles. The summed E-state index contributed by atoms with van der Waals surface area (Å²) in [5, 5.41) is 22.0. The van der Waals surface area contributed by atoms with Crippen molar-refractivity contribution in [3.05, 3.63) is 107 Å². The number of carboxylic acid groups (broad SMARTS) is 1. The maximum Gasteiger partial charge on any atom is 1.00 e. The van der Waals surface area contributed by atoms with Gasteiger partial charge in [-0.15, -0.1) is 11.8 Å². The molecule has 0 radical (unpaired) electrons. The van der Waals surface area contributed by atoms with Crippen molar-refractivity contribution < 1.29 is 127 Å². The van der Waals surface area contributed by atoms with E-state index in [1.807, 2.05) is 60.8 Å². The average Bonchev–Trinajstić information content (AvgIpc) is 3.52. The number of aromatic carboxylic acids is 1. The van der Waals surface area contributed by atoms with E-state index in [2.05, 4.69) is 16.5 Å². The van der Waals surface area contributed by atoms with E-state index in [-0.39, 0.29) is 114 Å². The minimum atomic E-state index is -1.19. The summed E-state index contributed by atoms with van der Waals surface area (Å²) in [4.78, 5) is 31.6. The van der Waals surface area contributed by atoms with Gasteiger partial charge in [-0.05, 0) is 47.2 Å². The van der Waals surface area contributed by atoms with Gasteiger partial charge in [0.15, 0.2) is 0 Å². The second-order valence-electron chi connectivity index (χ2n) is 9.87. The molecule has 4 aromatic rings. The Morgan fingerprint density at radius 3 is 2.35 bits per heavy atom. The standard InChI is InChI=1S/C32H31N3O5S.2K/c1-2-3-8-29-33-24(20-40-25-15-11-21(12-16-25)17-28-30(36)34-32(39)41-28)19-35(29)18-22-9-13-23(14-10-22)26-6-4-5-7-27(26)31(37)38;;/h4-7,9-16,19,28H,2-3,8,17-18,20H2,1H3,(H,37,38)(H,34,36,39);;/q;2*+1/p-2. The van der Waals surface area contributed by atoms with Crippen LogP contribution in [-0.4, -0.2) is 31.9 Å². The fourth-order valence-corrected chi connectivity index (χ4v) is 5.55. The Morgan fingerprint density at radius 1 is 1.00 bits per heavy atom. The fourth-order valence-electron chi connectivity index (χ4n) is 4.74. The van der Waals surface area contributed by atoms with Crippen molar-refractivity contribution in [3.63, 3.8) is 0 Å². The molecule has 11 heteroatoms. The Labute approximate surface area is 340 Å². The summed E-state index contributed by atoms with van der Waals surface area (Å²) in [7, 11) is 0. The van der Waals surface area contributed by atoms with Gasteiger partial charge in [0.1, 0.15) is 18.2 Å². The topological polar surface area (TPSA) is 120 Å². The molecule has 0 spiro atoms. The van der Waals surface area contributed by atoms with Gasteiger partial charge in [0.2, 0.25) is 0 Å². The molecule has 1 atom stereocenters. The second kappa shape index (κ2) is 17.6. The summed E-state index contributed by atoms with van der Waals surface area (Å²) in [6.45, 7) is 3.10. The zero-order valence-electron chi connectivity index (χ0n) is 24.6. The molecule has 1 aliphatic heterocycles. The van der Waals surface area contributed by atoms with Crippen molar-refractivity contribution in [2.45, 2.75) is 51.0 Å². The van der Waals surface area contributed by atoms with E-state index in [0.29, 0.717) is 30.9 Å². The smallest absolute Gasteiger partial charge is 0.854 e. The van der Waals surface area contributed by atoms with Crippen molar-refractivity contribution in [2.24, 2.45) is 4.99 Å². The molecule has 8 nitrogen and oxygen atoms in total. The first kappa shape index (κ1) is 36.4. The van der Waals surface area contributed by atoms with Gasteiger partial charge in [-0.3, -0.25) is 4.79 Å². The van der Waals surface area contributed by atoms with Crippen LogP contribution in [-0.2, 0) is 30.8 Å². The predicted molar refractivity (Wildman–Crippen MR) is 154 cm³/mol. The quantitative estimate of drug-likeness (QED) is 0.160. The van der Waals surface area contributed by atoms with Crippen molar-refractivity contribution in [3.8, 4) is 16.9 Å². The first-order chi connectivity index (χ1) is 19.9. The number of aryl methyl sites for hydroxylation is 1. The summed E-state index contributed by atoms with van der Waals surface area (Å²) in [5.74, 6) is 0.123. The molecule has 3 aromatic carbocycles. The van der Waals surface area contributed by atoms with E-state index in [1.54, 1.807) is 18.2 Å². The van der Waals surface area contributed by atoms with Gasteiger partial charge in [0.05, 0.1) is 16.9 Å². The van der Waals surface area contributed by atoms with Gasteiger partial charge in [0.25, 0.3) is 5.91 Å². The zero-order valence-corrected chi connectivity index (χ0v) is 31.7. The Hall–Kier alpha value is -1.10. The minimum Gasteiger partial charge on any atom is -0.854 e. The number of thioether (sulfide) groups is 1. The van der Waals surface area contributed by atoms with E-state index >= 15 is 0 Å². The largest absolute Gasteiger partial charge is 1.00 e. The number of ether oxygens (including phenoxy) is 1. The molecule has 1 amide bonds. The van der Waals surface area contributed by atoms with Crippen LogP contribution in [0.2, 0.25) is 0 Å². The molecular weight excluding hydrogens is 617 g/mol. The van der Waals surface area contributed by atoms with E-state index in [9.17, 15) is 19.8 Å². The molecular formula is C32H29K2N3O5S. The Balaban J connectivity index is 0.00000253. The van der Waals surface area contributed by atoms with Crippen molar-refractivity contribution in [2.75, 3.05) is 0 Å². The SMILES string of the molecule is CCCCc1nc(COc2ccc(CC3SC([O-])=NC3=O)cc2)cn1Cc1ccc(-c2ccccc2C(=O)[O-])cc1.[K+].[K+]. The fraction of sp³-hybridized carbons (Fsp3) is 0.250. The second-order valence-corrected chi connectivity index (χ2v) is 11.0. The Kier molecular flexibility index (Phi) is 14.9. The molecule has 1 unspecified atom stereocenters. The van der Waals surface area contributed by atoms with Crippen LogP contribution in [0.5, 0.6) is 5.75 Å². The Morgan fingerprint density at radius 2 is 1.70 bits per heavy atom. The van der Waals surface area contributed by atoms with Gasteiger partial charge < -0.3 is 24.3 Å². The number of imidazole rings is 1. The van der Waals surface area contributed by atoms with E-state index in [4.69, 9.17) is 9.72 Å².